The van der Waals surface area contributed by atoms with E-state index in [-0.39, 0.29) is 12.0 Å². The summed E-state index contributed by atoms with van der Waals surface area (Å²) in [5.74, 6) is -0.137. The first-order valence-electron chi connectivity index (χ1n) is 8.27. The van der Waals surface area contributed by atoms with Crippen LogP contribution in [0.2, 0.25) is 0 Å². The second-order valence-corrected chi connectivity index (χ2v) is 6.80. The Labute approximate surface area is 150 Å². The van der Waals surface area contributed by atoms with Crippen molar-refractivity contribution in [1.82, 2.24) is 4.90 Å². The van der Waals surface area contributed by atoms with E-state index < -0.39 is 5.60 Å². The van der Waals surface area contributed by atoms with Gasteiger partial charge in [-0.25, -0.2) is 4.79 Å². The molecule has 5 nitrogen and oxygen atoms in total. The van der Waals surface area contributed by atoms with Gasteiger partial charge in [0.05, 0.1) is 0 Å². The van der Waals surface area contributed by atoms with Crippen molar-refractivity contribution in [2.45, 2.75) is 39.7 Å². The summed E-state index contributed by atoms with van der Waals surface area (Å²) in [4.78, 5) is 25.2. The van der Waals surface area contributed by atoms with Crippen molar-refractivity contribution < 1.29 is 14.3 Å². The highest BCUT2D eigenvalue weighted by Gasteiger charge is 2.21. The SMILES string of the molecule is C=CCN(CCC(=C)c1ccccc1NC(C)=O)C(=O)OC(C)(C)C. The molecule has 25 heavy (non-hydrogen) atoms. The van der Waals surface area contributed by atoms with Crippen LogP contribution in [-0.2, 0) is 9.53 Å². The predicted octanol–water partition coefficient (Wildman–Crippen LogP) is 4.47. The number of carbonyl (C=O) groups is 2. The summed E-state index contributed by atoms with van der Waals surface area (Å²) in [6, 6.07) is 7.48. The van der Waals surface area contributed by atoms with E-state index in [4.69, 9.17) is 4.74 Å². The molecule has 1 aromatic carbocycles. The molecule has 0 aliphatic heterocycles. The minimum Gasteiger partial charge on any atom is -0.444 e. The van der Waals surface area contributed by atoms with E-state index in [0.717, 1.165) is 11.1 Å². The van der Waals surface area contributed by atoms with Gasteiger partial charge in [0.25, 0.3) is 0 Å². The molecule has 0 bridgehead atoms. The lowest BCUT2D eigenvalue weighted by atomic mass is 10.0. The summed E-state index contributed by atoms with van der Waals surface area (Å²) in [6.07, 6.45) is 1.84. The highest BCUT2D eigenvalue weighted by molar-refractivity contribution is 5.92. The van der Waals surface area contributed by atoms with Crippen LogP contribution in [0.3, 0.4) is 0 Å². The summed E-state index contributed by atoms with van der Waals surface area (Å²) < 4.78 is 5.42. The Morgan fingerprint density at radius 1 is 1.28 bits per heavy atom. The quantitative estimate of drug-likeness (QED) is 0.742. The van der Waals surface area contributed by atoms with Crippen LogP contribution in [0.5, 0.6) is 0 Å². The Morgan fingerprint density at radius 2 is 1.92 bits per heavy atom. The summed E-state index contributed by atoms with van der Waals surface area (Å²) in [6.45, 7) is 15.6. The summed E-state index contributed by atoms with van der Waals surface area (Å²) >= 11 is 0. The fourth-order valence-electron chi connectivity index (χ4n) is 2.23. The zero-order chi connectivity index (χ0) is 19.0. The normalized spacial score (nSPS) is 10.7. The standard InChI is InChI=1S/C20H28N2O3/c1-7-13-22(19(24)25-20(4,5)6)14-12-15(2)17-10-8-9-11-18(17)21-16(3)23/h7-11H,1-2,12-14H2,3-6H3,(H,21,23). The van der Waals surface area contributed by atoms with E-state index in [1.165, 1.54) is 6.92 Å². The van der Waals surface area contributed by atoms with Crippen LogP contribution in [0.25, 0.3) is 5.57 Å². The topological polar surface area (TPSA) is 58.6 Å². The predicted molar refractivity (Wildman–Crippen MR) is 102 cm³/mol. The molecule has 0 heterocycles. The lowest BCUT2D eigenvalue weighted by Crippen LogP contribution is -2.37. The number of anilines is 1. The maximum atomic E-state index is 12.3. The van der Waals surface area contributed by atoms with E-state index >= 15 is 0 Å². The van der Waals surface area contributed by atoms with Gasteiger partial charge in [0.15, 0.2) is 0 Å². The maximum absolute atomic E-state index is 12.3. The number of rotatable bonds is 7. The molecule has 136 valence electrons. The highest BCUT2D eigenvalue weighted by atomic mass is 16.6. The molecule has 1 rings (SSSR count). The zero-order valence-corrected chi connectivity index (χ0v) is 15.6. The highest BCUT2D eigenvalue weighted by Crippen LogP contribution is 2.25. The molecule has 0 atom stereocenters. The molecule has 0 aliphatic rings. The fourth-order valence-corrected chi connectivity index (χ4v) is 2.23. The first-order chi connectivity index (χ1) is 11.6. The van der Waals surface area contributed by atoms with Crippen molar-refractivity contribution in [3.05, 3.63) is 49.1 Å². The van der Waals surface area contributed by atoms with Gasteiger partial charge in [-0.2, -0.15) is 0 Å². The molecule has 0 saturated carbocycles. The van der Waals surface area contributed by atoms with Crippen LogP contribution >= 0.6 is 0 Å². The van der Waals surface area contributed by atoms with Crippen molar-refractivity contribution in [2.75, 3.05) is 18.4 Å². The lowest BCUT2D eigenvalue weighted by molar-refractivity contribution is -0.114. The number of hydrogen-bond acceptors (Lipinski definition) is 3. The van der Waals surface area contributed by atoms with Gasteiger partial charge in [0, 0.05) is 31.3 Å². The largest absolute Gasteiger partial charge is 0.444 e. The average molecular weight is 344 g/mol. The molecular weight excluding hydrogens is 316 g/mol. The molecule has 0 radical (unpaired) electrons. The van der Waals surface area contributed by atoms with Gasteiger partial charge in [0.2, 0.25) is 5.91 Å². The number of benzene rings is 1. The molecule has 0 unspecified atom stereocenters. The Kier molecular flexibility index (Phi) is 7.43. The monoisotopic (exact) mass is 344 g/mol. The van der Waals surface area contributed by atoms with Gasteiger partial charge in [-0.05, 0) is 38.8 Å². The number of amides is 2. The maximum Gasteiger partial charge on any atom is 0.410 e. The Hall–Kier alpha value is -2.56. The number of nitrogens with one attached hydrogen (secondary N) is 1. The van der Waals surface area contributed by atoms with Crippen LogP contribution in [0.4, 0.5) is 10.5 Å². The molecule has 0 saturated heterocycles. The third kappa shape index (κ3) is 7.25. The number of nitrogens with zero attached hydrogens (tertiary/aromatic N) is 1. The van der Waals surface area contributed by atoms with Gasteiger partial charge >= 0.3 is 6.09 Å². The minimum absolute atomic E-state index is 0.137. The van der Waals surface area contributed by atoms with E-state index in [9.17, 15) is 9.59 Å². The first-order valence-corrected chi connectivity index (χ1v) is 8.27. The minimum atomic E-state index is -0.550. The van der Waals surface area contributed by atoms with Crippen molar-refractivity contribution in [3.63, 3.8) is 0 Å². The van der Waals surface area contributed by atoms with Gasteiger partial charge in [-0.3, -0.25) is 4.79 Å². The molecule has 0 aliphatic carbocycles. The Balaban J connectivity index is 2.80. The van der Waals surface area contributed by atoms with Gasteiger partial charge in [-0.15, -0.1) is 6.58 Å². The molecule has 1 aromatic rings. The summed E-state index contributed by atoms with van der Waals surface area (Å²) in [5.41, 5.74) is 1.86. The number of ether oxygens (including phenoxy) is 1. The molecule has 0 aromatic heterocycles. The van der Waals surface area contributed by atoms with Crippen LogP contribution < -0.4 is 5.32 Å². The van der Waals surface area contributed by atoms with Crippen molar-refractivity contribution in [3.8, 4) is 0 Å². The molecule has 1 N–H and O–H groups in total. The van der Waals surface area contributed by atoms with Crippen LogP contribution in [0.15, 0.2) is 43.5 Å². The number of hydrogen-bond donors (Lipinski definition) is 1. The van der Waals surface area contributed by atoms with Crippen LogP contribution in [-0.4, -0.2) is 35.6 Å². The average Bonchev–Trinajstić information content (AvgIpc) is 2.49. The molecule has 2 amide bonds. The van der Waals surface area contributed by atoms with E-state index in [1.54, 1.807) is 11.0 Å². The van der Waals surface area contributed by atoms with Gasteiger partial charge in [0.1, 0.15) is 5.60 Å². The third-order valence-corrected chi connectivity index (χ3v) is 3.30. The van der Waals surface area contributed by atoms with Crippen LogP contribution in [0, 0.1) is 0 Å². The van der Waals surface area contributed by atoms with Crippen molar-refractivity contribution >= 4 is 23.3 Å². The van der Waals surface area contributed by atoms with Crippen LogP contribution in [0.1, 0.15) is 39.7 Å². The second kappa shape index (κ2) is 9.06. The molecule has 5 heteroatoms. The fraction of sp³-hybridized carbons (Fsp3) is 0.400. The lowest BCUT2D eigenvalue weighted by Gasteiger charge is -2.27. The summed E-state index contributed by atoms with van der Waals surface area (Å²) in [7, 11) is 0. The zero-order valence-electron chi connectivity index (χ0n) is 15.6. The Bertz CT molecular complexity index is 645. The molecule has 0 spiro atoms. The van der Waals surface area contributed by atoms with Crippen molar-refractivity contribution in [2.24, 2.45) is 0 Å². The van der Waals surface area contributed by atoms with E-state index in [2.05, 4.69) is 18.5 Å². The summed E-state index contributed by atoms with van der Waals surface area (Å²) in [5, 5.41) is 2.80. The number of carbonyl (C=O) groups excluding carboxylic acids is 2. The molecule has 0 fully saturated rings. The first kappa shape index (κ1) is 20.5. The van der Waals surface area contributed by atoms with Gasteiger partial charge < -0.3 is 15.0 Å². The van der Waals surface area contributed by atoms with Crippen molar-refractivity contribution in [1.29, 1.82) is 0 Å². The van der Waals surface area contributed by atoms with E-state index in [1.807, 2.05) is 45.0 Å². The number of para-hydroxylation sites is 1. The smallest absolute Gasteiger partial charge is 0.410 e. The van der Waals surface area contributed by atoms with E-state index in [0.29, 0.717) is 25.2 Å². The molecular formula is C20H28N2O3. The van der Waals surface area contributed by atoms with Gasteiger partial charge in [-0.1, -0.05) is 30.9 Å². The Morgan fingerprint density at radius 3 is 2.48 bits per heavy atom. The second-order valence-electron chi connectivity index (χ2n) is 6.80. The third-order valence-electron chi connectivity index (χ3n) is 3.30.